The van der Waals surface area contributed by atoms with Gasteiger partial charge in [-0.3, -0.25) is 4.79 Å². The predicted molar refractivity (Wildman–Crippen MR) is 64.7 cm³/mol. The Hall–Kier alpha value is -1.39. The third-order valence-electron chi connectivity index (χ3n) is 2.49. The summed E-state index contributed by atoms with van der Waals surface area (Å²) in [4.78, 5) is 10.8. The summed E-state index contributed by atoms with van der Waals surface area (Å²) in [7, 11) is 0. The molecule has 1 aromatic rings. The summed E-state index contributed by atoms with van der Waals surface area (Å²) in [5.74, 6) is -0.388. The quantitative estimate of drug-likeness (QED) is 0.488. The molecule has 0 heterocycles. The van der Waals surface area contributed by atoms with Gasteiger partial charge in [0.2, 0.25) is 5.91 Å². The lowest BCUT2D eigenvalue weighted by atomic mass is 10.0. The zero-order valence-corrected chi connectivity index (χ0v) is 9.36. The first-order valence-electron chi connectivity index (χ1n) is 5.49. The topological polar surface area (TPSA) is 95.1 Å². The van der Waals surface area contributed by atoms with Crippen molar-refractivity contribution in [1.29, 1.82) is 0 Å². The number of carbonyl (C=O) groups is 1. The van der Waals surface area contributed by atoms with Gasteiger partial charge in [-0.15, -0.1) is 0 Å². The fourth-order valence-electron chi connectivity index (χ4n) is 1.54. The molecule has 0 aromatic heterocycles. The van der Waals surface area contributed by atoms with Gasteiger partial charge in [0.05, 0.1) is 6.17 Å². The highest BCUT2D eigenvalue weighted by atomic mass is 16.1. The van der Waals surface area contributed by atoms with Crippen LogP contribution in [0.2, 0.25) is 0 Å². The number of benzene rings is 1. The van der Waals surface area contributed by atoms with E-state index in [2.05, 4.69) is 0 Å². The van der Waals surface area contributed by atoms with E-state index in [1.807, 2.05) is 12.1 Å². The van der Waals surface area contributed by atoms with Crippen molar-refractivity contribution in [3.05, 3.63) is 35.4 Å². The van der Waals surface area contributed by atoms with Gasteiger partial charge in [0, 0.05) is 5.56 Å². The molecule has 0 unspecified atom stereocenters. The minimum atomic E-state index is -0.388. The molecule has 16 heavy (non-hydrogen) atoms. The smallest absolute Gasteiger partial charge is 0.248 e. The second-order valence-corrected chi connectivity index (χ2v) is 3.97. The van der Waals surface area contributed by atoms with Crippen molar-refractivity contribution < 1.29 is 4.79 Å². The van der Waals surface area contributed by atoms with E-state index in [1.165, 1.54) is 5.56 Å². The molecule has 0 bridgehead atoms. The van der Waals surface area contributed by atoms with Crippen LogP contribution >= 0.6 is 0 Å². The van der Waals surface area contributed by atoms with Crippen LogP contribution in [0, 0.1) is 0 Å². The Balaban J connectivity index is 2.35. The molecular formula is C12H19N3O. The molecule has 4 heteroatoms. The Morgan fingerprint density at radius 3 is 2.25 bits per heavy atom. The van der Waals surface area contributed by atoms with Gasteiger partial charge in [0.1, 0.15) is 0 Å². The summed E-state index contributed by atoms with van der Waals surface area (Å²) in [6.07, 6.45) is 3.69. The minimum Gasteiger partial charge on any atom is -0.366 e. The third-order valence-corrected chi connectivity index (χ3v) is 2.49. The van der Waals surface area contributed by atoms with Gasteiger partial charge < -0.3 is 17.2 Å². The molecule has 0 fully saturated rings. The first kappa shape index (κ1) is 12.7. The van der Waals surface area contributed by atoms with Gasteiger partial charge in [-0.1, -0.05) is 18.6 Å². The van der Waals surface area contributed by atoms with Crippen LogP contribution in [0.3, 0.4) is 0 Å². The van der Waals surface area contributed by atoms with Crippen molar-refractivity contribution in [2.24, 2.45) is 17.2 Å². The van der Waals surface area contributed by atoms with E-state index in [4.69, 9.17) is 17.2 Å². The van der Waals surface area contributed by atoms with Crippen LogP contribution in [0.15, 0.2) is 24.3 Å². The van der Waals surface area contributed by atoms with Gasteiger partial charge >= 0.3 is 0 Å². The summed E-state index contributed by atoms with van der Waals surface area (Å²) in [5, 5.41) is 0. The van der Waals surface area contributed by atoms with E-state index in [-0.39, 0.29) is 12.1 Å². The highest BCUT2D eigenvalue weighted by Crippen LogP contribution is 2.08. The number of rotatable bonds is 6. The zero-order chi connectivity index (χ0) is 12.0. The van der Waals surface area contributed by atoms with Crippen LogP contribution in [0.25, 0.3) is 0 Å². The first-order chi connectivity index (χ1) is 7.59. The Morgan fingerprint density at radius 2 is 1.75 bits per heavy atom. The summed E-state index contributed by atoms with van der Waals surface area (Å²) >= 11 is 0. The number of primary amides is 1. The van der Waals surface area contributed by atoms with Crippen LogP contribution < -0.4 is 17.2 Å². The standard InChI is InChI=1S/C12H19N3O/c13-11(14)4-2-1-3-9-5-7-10(8-6-9)12(15)16/h5-8,11H,1-4,13-14H2,(H2,15,16). The maximum Gasteiger partial charge on any atom is 0.248 e. The maximum absolute atomic E-state index is 10.8. The number of nitrogens with two attached hydrogens (primary N) is 3. The second kappa shape index (κ2) is 6.25. The first-order valence-corrected chi connectivity index (χ1v) is 5.49. The van der Waals surface area contributed by atoms with Gasteiger partial charge in [-0.05, 0) is 37.0 Å². The minimum absolute atomic E-state index is 0.211. The molecule has 0 aliphatic carbocycles. The molecule has 0 saturated carbocycles. The Labute approximate surface area is 95.8 Å². The second-order valence-electron chi connectivity index (χ2n) is 3.97. The molecule has 0 saturated heterocycles. The molecule has 0 radical (unpaired) electrons. The molecule has 0 aliphatic heterocycles. The van der Waals surface area contributed by atoms with Gasteiger partial charge in [-0.2, -0.15) is 0 Å². The van der Waals surface area contributed by atoms with Crippen molar-refractivity contribution in [2.45, 2.75) is 31.8 Å². The Morgan fingerprint density at radius 1 is 1.12 bits per heavy atom. The highest BCUT2D eigenvalue weighted by molar-refractivity contribution is 5.92. The van der Waals surface area contributed by atoms with Gasteiger partial charge in [0.15, 0.2) is 0 Å². The summed E-state index contributed by atoms with van der Waals surface area (Å²) in [5.41, 5.74) is 17.8. The molecule has 88 valence electrons. The van der Waals surface area contributed by atoms with Crippen molar-refractivity contribution in [2.75, 3.05) is 0 Å². The number of hydrogen-bond donors (Lipinski definition) is 3. The number of aryl methyl sites for hydroxylation is 1. The van der Waals surface area contributed by atoms with Crippen LogP contribution in [-0.4, -0.2) is 12.1 Å². The lowest BCUT2D eigenvalue weighted by Gasteiger charge is -2.05. The Kier molecular flexibility index (Phi) is 4.95. The van der Waals surface area contributed by atoms with Crippen LogP contribution in [0.4, 0.5) is 0 Å². The fraction of sp³-hybridized carbons (Fsp3) is 0.417. The highest BCUT2D eigenvalue weighted by Gasteiger charge is 2.00. The largest absolute Gasteiger partial charge is 0.366 e. The third kappa shape index (κ3) is 4.42. The molecule has 1 rings (SSSR count). The number of unbranched alkanes of at least 4 members (excludes halogenated alkanes) is 1. The van der Waals surface area contributed by atoms with Crippen molar-refractivity contribution >= 4 is 5.91 Å². The molecule has 1 aromatic carbocycles. The molecule has 6 N–H and O–H groups in total. The number of hydrogen-bond acceptors (Lipinski definition) is 3. The van der Waals surface area contributed by atoms with Crippen molar-refractivity contribution in [3.63, 3.8) is 0 Å². The van der Waals surface area contributed by atoms with E-state index in [1.54, 1.807) is 12.1 Å². The van der Waals surface area contributed by atoms with E-state index < -0.39 is 0 Å². The fourth-order valence-corrected chi connectivity index (χ4v) is 1.54. The lowest BCUT2D eigenvalue weighted by Crippen LogP contribution is -2.29. The van der Waals surface area contributed by atoms with Gasteiger partial charge in [-0.25, -0.2) is 0 Å². The number of carbonyl (C=O) groups excluding carboxylic acids is 1. The van der Waals surface area contributed by atoms with E-state index in [0.29, 0.717) is 5.56 Å². The average Bonchev–Trinajstić information content (AvgIpc) is 2.25. The summed E-state index contributed by atoms with van der Waals surface area (Å²) in [6.45, 7) is 0. The predicted octanol–water partition coefficient (Wildman–Crippen LogP) is 0.742. The molecular weight excluding hydrogens is 202 g/mol. The summed E-state index contributed by atoms with van der Waals surface area (Å²) < 4.78 is 0. The molecule has 0 aliphatic rings. The molecule has 0 spiro atoms. The van der Waals surface area contributed by atoms with Crippen molar-refractivity contribution in [3.8, 4) is 0 Å². The normalized spacial score (nSPS) is 10.7. The molecule has 1 amide bonds. The summed E-state index contributed by atoms with van der Waals surface area (Å²) in [6, 6.07) is 7.38. The maximum atomic E-state index is 10.8. The van der Waals surface area contributed by atoms with Crippen molar-refractivity contribution in [1.82, 2.24) is 0 Å². The average molecular weight is 221 g/mol. The van der Waals surface area contributed by atoms with Crippen LogP contribution in [-0.2, 0) is 6.42 Å². The number of amides is 1. The Bertz CT molecular complexity index is 333. The zero-order valence-electron chi connectivity index (χ0n) is 9.36. The van der Waals surface area contributed by atoms with E-state index in [0.717, 1.165) is 25.7 Å². The molecule has 4 nitrogen and oxygen atoms in total. The molecule has 0 atom stereocenters. The monoisotopic (exact) mass is 221 g/mol. The van der Waals surface area contributed by atoms with Gasteiger partial charge in [0.25, 0.3) is 0 Å². The lowest BCUT2D eigenvalue weighted by molar-refractivity contribution is 0.100. The van der Waals surface area contributed by atoms with E-state index in [9.17, 15) is 4.79 Å². The SMILES string of the molecule is NC(=O)c1ccc(CCCCC(N)N)cc1. The van der Waals surface area contributed by atoms with E-state index >= 15 is 0 Å². The van der Waals surface area contributed by atoms with Crippen LogP contribution in [0.1, 0.15) is 35.2 Å². The van der Waals surface area contributed by atoms with Crippen LogP contribution in [0.5, 0.6) is 0 Å².